The van der Waals surface area contributed by atoms with E-state index in [4.69, 9.17) is 4.74 Å². The van der Waals surface area contributed by atoms with Crippen molar-refractivity contribution >= 4 is 55.4 Å². The highest BCUT2D eigenvalue weighted by atomic mass is 16.5. The number of hydrogen-bond acceptors (Lipinski definition) is 3. The monoisotopic (exact) mass is 445 g/mol. The molecule has 2 aromatic heterocycles. The third-order valence-corrected chi connectivity index (χ3v) is 6.83. The summed E-state index contributed by atoms with van der Waals surface area (Å²) in [5.41, 5.74) is 5.36. The Bertz CT molecular complexity index is 1700. The molecule has 34 heavy (non-hydrogen) atoms. The Morgan fingerprint density at radius 1 is 0.706 bits per heavy atom. The molecule has 0 bridgehead atoms. The topological polar surface area (TPSA) is 78.2 Å². The molecule has 4 aromatic carbocycles. The molecule has 0 aliphatic carbocycles. The van der Waals surface area contributed by atoms with Crippen LogP contribution in [0.3, 0.4) is 0 Å². The van der Waals surface area contributed by atoms with Gasteiger partial charge in [0.15, 0.2) is 0 Å². The highest BCUT2D eigenvalue weighted by Gasteiger charge is 2.40. The number of para-hydroxylation sites is 2. The van der Waals surface area contributed by atoms with Crippen molar-refractivity contribution in [2.75, 3.05) is 7.11 Å². The molecule has 0 radical (unpaired) electrons. The van der Waals surface area contributed by atoms with Gasteiger partial charge in [-0.3, -0.25) is 14.5 Å². The fourth-order valence-corrected chi connectivity index (χ4v) is 5.28. The number of aromatic nitrogens is 2. The molecule has 7 rings (SSSR count). The number of carbonyl (C=O) groups excluding carboxylic acids is 2. The van der Waals surface area contributed by atoms with Gasteiger partial charge in [0.05, 0.1) is 35.8 Å². The first-order valence-corrected chi connectivity index (χ1v) is 11.1. The zero-order valence-electron chi connectivity index (χ0n) is 18.3. The molecule has 0 spiro atoms. The summed E-state index contributed by atoms with van der Waals surface area (Å²) < 4.78 is 5.24. The van der Waals surface area contributed by atoms with Crippen molar-refractivity contribution < 1.29 is 14.3 Å². The zero-order chi connectivity index (χ0) is 23.0. The number of imide groups is 1. The maximum Gasteiger partial charge on any atom is 0.262 e. The van der Waals surface area contributed by atoms with Crippen molar-refractivity contribution in [1.82, 2.24) is 14.9 Å². The molecule has 0 unspecified atom stereocenters. The Labute approximate surface area is 193 Å². The van der Waals surface area contributed by atoms with Gasteiger partial charge < -0.3 is 14.7 Å². The van der Waals surface area contributed by atoms with Crippen LogP contribution in [0, 0.1) is 0 Å². The molecule has 6 heteroatoms. The maximum atomic E-state index is 13.8. The van der Waals surface area contributed by atoms with E-state index in [1.165, 1.54) is 4.90 Å². The number of hydrogen-bond donors (Lipinski definition) is 2. The van der Waals surface area contributed by atoms with E-state index in [2.05, 4.69) is 9.97 Å². The van der Waals surface area contributed by atoms with Crippen LogP contribution in [-0.4, -0.2) is 33.8 Å². The Morgan fingerprint density at radius 3 is 1.71 bits per heavy atom. The van der Waals surface area contributed by atoms with E-state index in [9.17, 15) is 9.59 Å². The molecule has 6 nitrogen and oxygen atoms in total. The number of ether oxygens (including phenoxy) is 1. The minimum atomic E-state index is -0.266. The average molecular weight is 445 g/mol. The number of methoxy groups -OCH3 is 1. The normalized spacial score (nSPS) is 13.6. The van der Waals surface area contributed by atoms with Crippen molar-refractivity contribution in [2.45, 2.75) is 6.54 Å². The van der Waals surface area contributed by atoms with Crippen LogP contribution in [0.2, 0.25) is 0 Å². The minimum Gasteiger partial charge on any atom is -0.497 e. The second-order valence-electron chi connectivity index (χ2n) is 8.64. The number of aromatic amines is 2. The van der Waals surface area contributed by atoms with Gasteiger partial charge in [0.2, 0.25) is 0 Å². The van der Waals surface area contributed by atoms with Crippen LogP contribution in [0.5, 0.6) is 5.75 Å². The van der Waals surface area contributed by atoms with Crippen LogP contribution in [0.4, 0.5) is 0 Å². The quantitative estimate of drug-likeness (QED) is 0.340. The summed E-state index contributed by atoms with van der Waals surface area (Å²) in [5, 5.41) is 3.45. The van der Waals surface area contributed by atoms with Crippen LogP contribution in [-0.2, 0) is 6.54 Å². The molecule has 2 N–H and O–H groups in total. The van der Waals surface area contributed by atoms with Gasteiger partial charge in [0.1, 0.15) is 5.75 Å². The molecule has 0 saturated carbocycles. The predicted octanol–water partition coefficient (Wildman–Crippen LogP) is 5.76. The van der Waals surface area contributed by atoms with E-state index in [0.29, 0.717) is 11.1 Å². The van der Waals surface area contributed by atoms with E-state index in [1.54, 1.807) is 7.11 Å². The van der Waals surface area contributed by atoms with Gasteiger partial charge in [-0.2, -0.15) is 0 Å². The van der Waals surface area contributed by atoms with Gasteiger partial charge >= 0.3 is 0 Å². The molecule has 3 heterocycles. The lowest BCUT2D eigenvalue weighted by molar-refractivity contribution is 0.0643. The lowest BCUT2D eigenvalue weighted by Gasteiger charge is -2.14. The van der Waals surface area contributed by atoms with E-state index in [1.807, 2.05) is 72.8 Å². The standard InChI is InChI=1S/C28H19N3O3/c1-34-16-12-10-15(11-13-16)14-31-27(32)23-21-17-6-2-4-8-19(17)29-25(21)26-22(24(23)28(31)33)18-7-3-5-9-20(18)30-26/h2-13,29-30H,14H2,1H3. The SMILES string of the molecule is COc1ccc(CN2C(=O)c3c(c4c5ccccc5[nH]c4c4[nH]c5ccccc5c34)C2=O)cc1. The third kappa shape index (κ3) is 2.39. The van der Waals surface area contributed by atoms with Crippen molar-refractivity contribution in [2.24, 2.45) is 0 Å². The molecule has 1 aliphatic heterocycles. The lowest BCUT2D eigenvalue weighted by Crippen LogP contribution is -2.29. The zero-order valence-corrected chi connectivity index (χ0v) is 18.3. The van der Waals surface area contributed by atoms with E-state index >= 15 is 0 Å². The average Bonchev–Trinajstić information content (AvgIpc) is 3.51. The third-order valence-electron chi connectivity index (χ3n) is 6.83. The van der Waals surface area contributed by atoms with Gasteiger partial charge in [-0.15, -0.1) is 0 Å². The van der Waals surface area contributed by atoms with Gasteiger partial charge in [-0.05, 0) is 29.8 Å². The lowest BCUT2D eigenvalue weighted by atomic mass is 9.97. The summed E-state index contributed by atoms with van der Waals surface area (Å²) in [6.45, 7) is 0.198. The van der Waals surface area contributed by atoms with Crippen LogP contribution in [0.25, 0.3) is 43.6 Å². The van der Waals surface area contributed by atoms with Gasteiger partial charge in [-0.1, -0.05) is 48.5 Å². The van der Waals surface area contributed by atoms with Crippen LogP contribution >= 0.6 is 0 Å². The number of H-pyrrole nitrogens is 2. The Hall–Kier alpha value is -4.58. The summed E-state index contributed by atoms with van der Waals surface area (Å²) in [4.78, 5) is 36.0. The largest absolute Gasteiger partial charge is 0.497 e. The highest BCUT2D eigenvalue weighted by Crippen LogP contribution is 2.43. The number of carbonyl (C=O) groups is 2. The van der Waals surface area contributed by atoms with Crippen molar-refractivity contribution in [3.63, 3.8) is 0 Å². The van der Waals surface area contributed by atoms with Crippen molar-refractivity contribution in [1.29, 1.82) is 0 Å². The molecular weight excluding hydrogens is 426 g/mol. The van der Waals surface area contributed by atoms with Crippen LogP contribution in [0.1, 0.15) is 26.3 Å². The smallest absolute Gasteiger partial charge is 0.262 e. The molecule has 0 fully saturated rings. The van der Waals surface area contributed by atoms with Gasteiger partial charge in [0.25, 0.3) is 11.8 Å². The Morgan fingerprint density at radius 2 is 1.21 bits per heavy atom. The fourth-order valence-electron chi connectivity index (χ4n) is 5.28. The summed E-state index contributed by atoms with van der Waals surface area (Å²) in [7, 11) is 1.61. The summed E-state index contributed by atoms with van der Waals surface area (Å²) in [6.07, 6.45) is 0. The van der Waals surface area contributed by atoms with E-state index in [-0.39, 0.29) is 18.4 Å². The number of rotatable bonds is 3. The van der Waals surface area contributed by atoms with Gasteiger partial charge in [0, 0.05) is 32.6 Å². The van der Waals surface area contributed by atoms with Crippen molar-refractivity contribution in [3.8, 4) is 5.75 Å². The molecule has 0 saturated heterocycles. The summed E-state index contributed by atoms with van der Waals surface area (Å²) >= 11 is 0. The molecule has 164 valence electrons. The van der Waals surface area contributed by atoms with Gasteiger partial charge in [-0.25, -0.2) is 0 Å². The van der Waals surface area contributed by atoms with E-state index in [0.717, 1.165) is 54.9 Å². The number of fused-ring (bicyclic) bond motifs is 10. The molecule has 1 aliphatic rings. The number of nitrogens with zero attached hydrogens (tertiary/aromatic N) is 1. The predicted molar refractivity (Wildman–Crippen MR) is 132 cm³/mol. The second-order valence-corrected chi connectivity index (χ2v) is 8.64. The van der Waals surface area contributed by atoms with Crippen LogP contribution in [0.15, 0.2) is 72.8 Å². The van der Waals surface area contributed by atoms with Crippen molar-refractivity contribution in [3.05, 3.63) is 89.5 Å². The first kappa shape index (κ1) is 18.9. The Balaban J connectivity index is 1.54. The first-order valence-electron chi connectivity index (χ1n) is 11.1. The Kier molecular flexibility index (Phi) is 3.74. The molecule has 6 aromatic rings. The summed E-state index contributed by atoms with van der Waals surface area (Å²) in [6, 6.07) is 23.2. The first-order chi connectivity index (χ1) is 16.7. The number of amides is 2. The molecular formula is C28H19N3O3. The highest BCUT2D eigenvalue weighted by molar-refractivity contribution is 6.39. The second kappa shape index (κ2) is 6.71. The number of benzene rings is 4. The van der Waals surface area contributed by atoms with Crippen LogP contribution < -0.4 is 4.74 Å². The van der Waals surface area contributed by atoms with E-state index < -0.39 is 0 Å². The molecule has 0 atom stereocenters. The number of nitrogens with one attached hydrogen (secondary N) is 2. The molecule has 2 amide bonds. The summed E-state index contributed by atoms with van der Waals surface area (Å²) in [5.74, 6) is 0.197. The fraction of sp³-hybridized carbons (Fsp3) is 0.0714. The maximum absolute atomic E-state index is 13.8. The minimum absolute atomic E-state index is 0.198.